The first kappa shape index (κ1) is 20.8. The van der Waals surface area contributed by atoms with Crippen LogP contribution in [0.1, 0.15) is 45.6 Å². The van der Waals surface area contributed by atoms with Crippen molar-refractivity contribution in [1.29, 1.82) is 0 Å². The summed E-state index contributed by atoms with van der Waals surface area (Å²) in [6, 6.07) is 5.05. The third-order valence-corrected chi connectivity index (χ3v) is 7.51. The zero-order chi connectivity index (χ0) is 20.5. The summed E-state index contributed by atoms with van der Waals surface area (Å²) in [6.07, 6.45) is 2.61. The summed E-state index contributed by atoms with van der Waals surface area (Å²) >= 11 is 0. The van der Waals surface area contributed by atoms with Crippen molar-refractivity contribution in [3.8, 4) is 0 Å². The van der Waals surface area contributed by atoms with E-state index in [1.54, 1.807) is 23.1 Å². The number of piperidine rings is 1. The van der Waals surface area contributed by atoms with Crippen LogP contribution in [0.25, 0.3) is 0 Å². The van der Waals surface area contributed by atoms with Crippen molar-refractivity contribution in [3.05, 3.63) is 23.8 Å². The molecule has 154 valence electrons. The zero-order valence-corrected chi connectivity index (χ0v) is 17.6. The molecule has 0 saturated carbocycles. The first-order valence-corrected chi connectivity index (χ1v) is 11.4. The van der Waals surface area contributed by atoms with Crippen LogP contribution in [0.2, 0.25) is 0 Å². The molecule has 1 aromatic rings. The first-order valence-electron chi connectivity index (χ1n) is 9.96. The Kier molecular flexibility index (Phi) is 6.09. The van der Waals surface area contributed by atoms with Crippen molar-refractivity contribution in [2.75, 3.05) is 24.5 Å². The fourth-order valence-electron chi connectivity index (χ4n) is 4.15. The molecule has 2 aliphatic heterocycles. The van der Waals surface area contributed by atoms with E-state index in [0.717, 1.165) is 17.7 Å². The summed E-state index contributed by atoms with van der Waals surface area (Å²) in [7, 11) is -3.61. The number of sulfonamides is 1. The maximum absolute atomic E-state index is 13.1. The normalized spacial score (nSPS) is 20.8. The van der Waals surface area contributed by atoms with Gasteiger partial charge in [-0.3, -0.25) is 9.59 Å². The zero-order valence-electron chi connectivity index (χ0n) is 16.8. The van der Waals surface area contributed by atoms with Crippen LogP contribution >= 0.6 is 0 Å². The number of anilines is 1. The van der Waals surface area contributed by atoms with E-state index in [2.05, 4.69) is 5.32 Å². The maximum atomic E-state index is 13.1. The Hall–Kier alpha value is -1.93. The molecule has 0 aliphatic carbocycles. The molecular weight excluding hydrogens is 378 g/mol. The second-order valence-corrected chi connectivity index (χ2v) is 9.64. The van der Waals surface area contributed by atoms with E-state index in [4.69, 9.17) is 0 Å². The number of hydrogen-bond acceptors (Lipinski definition) is 4. The van der Waals surface area contributed by atoms with Gasteiger partial charge in [-0.05, 0) is 56.4 Å². The Labute approximate surface area is 167 Å². The average molecular weight is 408 g/mol. The van der Waals surface area contributed by atoms with Crippen molar-refractivity contribution in [2.24, 2.45) is 5.92 Å². The number of carbonyl (C=O) groups is 2. The second-order valence-electron chi connectivity index (χ2n) is 7.70. The molecule has 1 atom stereocenters. The minimum Gasteiger partial charge on any atom is -0.356 e. The van der Waals surface area contributed by atoms with Crippen molar-refractivity contribution in [2.45, 2.75) is 57.4 Å². The fraction of sp³-hybridized carbons (Fsp3) is 0.600. The number of amides is 2. The Balaban J connectivity index is 1.72. The molecule has 2 amide bonds. The van der Waals surface area contributed by atoms with Crippen LogP contribution < -0.4 is 10.2 Å². The largest absolute Gasteiger partial charge is 0.356 e. The Bertz CT molecular complexity index is 860. The molecule has 0 radical (unpaired) electrons. The van der Waals surface area contributed by atoms with Gasteiger partial charge in [0.25, 0.3) is 0 Å². The van der Waals surface area contributed by atoms with Gasteiger partial charge < -0.3 is 10.2 Å². The van der Waals surface area contributed by atoms with E-state index in [-0.39, 0.29) is 28.7 Å². The highest BCUT2D eigenvalue weighted by Crippen LogP contribution is 2.35. The lowest BCUT2D eigenvalue weighted by atomic mass is 9.97. The molecule has 0 spiro atoms. The topological polar surface area (TPSA) is 86.8 Å². The minimum absolute atomic E-state index is 0.0229. The summed E-state index contributed by atoms with van der Waals surface area (Å²) in [5.74, 6) is -0.136. The molecule has 1 fully saturated rings. The van der Waals surface area contributed by atoms with Crippen molar-refractivity contribution in [3.63, 3.8) is 0 Å². The number of hydrogen-bond donors (Lipinski definition) is 1. The second kappa shape index (κ2) is 8.21. The predicted molar refractivity (Wildman–Crippen MR) is 108 cm³/mol. The highest BCUT2D eigenvalue weighted by Gasteiger charge is 2.34. The summed E-state index contributed by atoms with van der Waals surface area (Å²) in [5, 5.41) is 2.89. The molecule has 28 heavy (non-hydrogen) atoms. The van der Waals surface area contributed by atoms with Crippen LogP contribution in [0.4, 0.5) is 5.69 Å². The minimum atomic E-state index is -3.61. The summed E-state index contributed by atoms with van der Waals surface area (Å²) in [5.41, 5.74) is 1.68. The molecule has 0 aromatic heterocycles. The number of rotatable bonds is 5. The van der Waals surface area contributed by atoms with E-state index >= 15 is 0 Å². The highest BCUT2D eigenvalue weighted by atomic mass is 32.2. The Morgan fingerprint density at radius 3 is 2.50 bits per heavy atom. The average Bonchev–Trinajstić information content (AvgIpc) is 3.01. The smallest absolute Gasteiger partial charge is 0.243 e. The number of carbonyl (C=O) groups excluding carboxylic acids is 2. The van der Waals surface area contributed by atoms with Crippen LogP contribution in [-0.4, -0.2) is 50.2 Å². The Morgan fingerprint density at radius 2 is 1.89 bits per heavy atom. The fourth-order valence-corrected chi connectivity index (χ4v) is 5.67. The molecule has 8 heteroatoms. The van der Waals surface area contributed by atoms with Gasteiger partial charge >= 0.3 is 0 Å². The van der Waals surface area contributed by atoms with Crippen molar-refractivity contribution >= 4 is 27.5 Å². The van der Waals surface area contributed by atoms with Crippen LogP contribution in [-0.2, 0) is 26.0 Å². The van der Waals surface area contributed by atoms with Gasteiger partial charge in [0.05, 0.1) is 4.90 Å². The molecule has 1 unspecified atom stereocenters. The van der Waals surface area contributed by atoms with Gasteiger partial charge in [-0.15, -0.1) is 0 Å². The van der Waals surface area contributed by atoms with E-state index in [1.807, 2.05) is 13.8 Å². The summed E-state index contributed by atoms with van der Waals surface area (Å²) < 4.78 is 27.6. The van der Waals surface area contributed by atoms with Crippen LogP contribution in [0.3, 0.4) is 0 Å². The molecule has 2 heterocycles. The Morgan fingerprint density at radius 1 is 1.21 bits per heavy atom. The van der Waals surface area contributed by atoms with Gasteiger partial charge in [0.15, 0.2) is 0 Å². The van der Waals surface area contributed by atoms with E-state index in [0.29, 0.717) is 38.9 Å². The van der Waals surface area contributed by atoms with E-state index < -0.39 is 10.0 Å². The van der Waals surface area contributed by atoms with Crippen LogP contribution in [0.5, 0.6) is 0 Å². The molecule has 1 aromatic carbocycles. The van der Waals surface area contributed by atoms with Crippen molar-refractivity contribution in [1.82, 2.24) is 9.62 Å². The lowest BCUT2D eigenvalue weighted by Crippen LogP contribution is -2.43. The van der Waals surface area contributed by atoms with Crippen molar-refractivity contribution < 1.29 is 18.0 Å². The molecule has 0 bridgehead atoms. The lowest BCUT2D eigenvalue weighted by Gasteiger charge is -2.30. The van der Waals surface area contributed by atoms with Gasteiger partial charge in [0.1, 0.15) is 0 Å². The number of nitrogens with one attached hydrogen (secondary N) is 1. The third kappa shape index (κ3) is 3.93. The maximum Gasteiger partial charge on any atom is 0.243 e. The molecule has 2 aliphatic rings. The van der Waals surface area contributed by atoms with Gasteiger partial charge in [-0.25, -0.2) is 8.42 Å². The summed E-state index contributed by atoms with van der Waals surface area (Å²) in [6.45, 7) is 6.84. The molecule has 7 nitrogen and oxygen atoms in total. The van der Waals surface area contributed by atoms with Gasteiger partial charge in [0, 0.05) is 44.2 Å². The van der Waals surface area contributed by atoms with Crippen LogP contribution in [0.15, 0.2) is 23.1 Å². The van der Waals surface area contributed by atoms with Gasteiger partial charge in [-0.2, -0.15) is 4.31 Å². The molecule has 1 N–H and O–H groups in total. The first-order chi connectivity index (χ1) is 13.3. The quantitative estimate of drug-likeness (QED) is 0.808. The predicted octanol–water partition coefficient (Wildman–Crippen LogP) is 1.91. The summed E-state index contributed by atoms with van der Waals surface area (Å²) in [4.78, 5) is 26.0. The number of nitrogens with zero attached hydrogens (tertiary/aromatic N) is 2. The molecule has 3 rings (SSSR count). The molecular formula is C20H29N3O4S. The third-order valence-electron chi connectivity index (χ3n) is 5.62. The highest BCUT2D eigenvalue weighted by molar-refractivity contribution is 7.89. The SMILES string of the molecule is CCCNC(=O)C1CCN(S(=O)(=O)c2ccc3c(c2)CC(C)N3C(C)=O)CC1. The lowest BCUT2D eigenvalue weighted by molar-refractivity contribution is -0.126. The standard InChI is InChI=1S/C20H29N3O4S/c1-4-9-21-20(25)16-7-10-22(11-8-16)28(26,27)18-5-6-19-17(13-18)12-14(2)23(19)15(3)24/h5-6,13-14,16H,4,7-12H2,1-3H3,(H,21,25). The monoisotopic (exact) mass is 407 g/mol. The van der Waals surface area contributed by atoms with E-state index in [1.165, 1.54) is 11.2 Å². The number of benzene rings is 1. The molecule has 1 saturated heterocycles. The van der Waals surface area contributed by atoms with E-state index in [9.17, 15) is 18.0 Å². The van der Waals surface area contributed by atoms with Gasteiger partial charge in [-0.1, -0.05) is 6.92 Å². The van der Waals surface area contributed by atoms with Crippen LogP contribution in [0, 0.1) is 5.92 Å². The number of fused-ring (bicyclic) bond motifs is 1. The van der Waals surface area contributed by atoms with Gasteiger partial charge in [0.2, 0.25) is 21.8 Å².